The van der Waals surface area contributed by atoms with Gasteiger partial charge in [-0.1, -0.05) is 43.7 Å². The molecule has 4 nitrogen and oxygen atoms in total. The Morgan fingerprint density at radius 1 is 0.974 bits per heavy atom. The van der Waals surface area contributed by atoms with Gasteiger partial charge in [-0.25, -0.2) is 0 Å². The molecule has 0 spiro atoms. The molecule has 0 radical (unpaired) electrons. The van der Waals surface area contributed by atoms with Crippen LogP contribution in [-0.2, 0) is 0 Å². The minimum atomic E-state index is 0.153. The minimum absolute atomic E-state index is 0.153. The van der Waals surface area contributed by atoms with E-state index in [1.807, 2.05) is 49.0 Å². The van der Waals surface area contributed by atoms with E-state index in [0.717, 1.165) is 73.9 Å². The number of allylic oxidation sites excluding steroid dienone is 1. The van der Waals surface area contributed by atoms with Crippen LogP contribution in [0.5, 0.6) is 5.75 Å². The van der Waals surface area contributed by atoms with E-state index in [2.05, 4.69) is 60.9 Å². The molecule has 3 aromatic rings. The Labute approximate surface area is 238 Å². The molecule has 2 fully saturated rings. The van der Waals surface area contributed by atoms with Gasteiger partial charge in [-0.2, -0.15) is 0 Å². The molecule has 2 aliphatic heterocycles. The maximum Gasteiger partial charge on any atom is 0.254 e. The van der Waals surface area contributed by atoms with Gasteiger partial charge in [0.15, 0.2) is 0 Å². The van der Waals surface area contributed by atoms with E-state index in [9.17, 15) is 4.79 Å². The fraction of sp³-hybridized carbons (Fsp3) is 0.441. The van der Waals surface area contributed by atoms with Gasteiger partial charge in [0.2, 0.25) is 0 Å². The summed E-state index contributed by atoms with van der Waals surface area (Å²) >= 11 is 1.92. The quantitative estimate of drug-likeness (QED) is 0.284. The maximum atomic E-state index is 13.5. The highest BCUT2D eigenvalue weighted by Gasteiger charge is 2.29. The van der Waals surface area contributed by atoms with E-state index < -0.39 is 0 Å². The predicted octanol–water partition coefficient (Wildman–Crippen LogP) is 7.91. The van der Waals surface area contributed by atoms with Crippen LogP contribution in [0.15, 0.2) is 71.1 Å². The van der Waals surface area contributed by atoms with Crippen LogP contribution in [0.2, 0.25) is 0 Å². The van der Waals surface area contributed by atoms with Crippen molar-refractivity contribution in [1.82, 2.24) is 9.80 Å². The van der Waals surface area contributed by atoms with Crippen molar-refractivity contribution < 1.29 is 9.53 Å². The van der Waals surface area contributed by atoms with Crippen LogP contribution in [0, 0.1) is 0 Å². The molecule has 3 aromatic carbocycles. The third kappa shape index (κ3) is 6.53. The summed E-state index contributed by atoms with van der Waals surface area (Å²) in [5.41, 5.74) is 5.22. The smallest absolute Gasteiger partial charge is 0.254 e. The molecule has 0 atom stereocenters. The Hall–Kier alpha value is -2.76. The number of nitrogens with zero attached hydrogens (tertiary/aromatic N) is 2. The maximum absolute atomic E-state index is 13.5. The van der Waals surface area contributed by atoms with Gasteiger partial charge in [0.1, 0.15) is 5.75 Å². The summed E-state index contributed by atoms with van der Waals surface area (Å²) in [7, 11) is 0. The number of ether oxygens (including phenoxy) is 1. The van der Waals surface area contributed by atoms with Gasteiger partial charge in [0.25, 0.3) is 5.91 Å². The van der Waals surface area contributed by atoms with Gasteiger partial charge in [0.05, 0.1) is 6.61 Å². The standard InChI is InChI=1S/C34H42N2O2S/c1-5-38-30-11-14-32-28(23-30)7-6-8-33(32)34(37)36-21-17-29(18-22-36)35-19-15-27(16-20-35)25(4)26-9-12-31(13-10-26)39-24(2)3/h6-14,23-24,29H,5,15-22H2,1-4H3. The fourth-order valence-corrected chi connectivity index (χ4v) is 6.94. The number of piperidine rings is 2. The van der Waals surface area contributed by atoms with Crippen molar-refractivity contribution in [2.24, 2.45) is 0 Å². The number of hydrogen-bond acceptors (Lipinski definition) is 4. The Bertz CT molecular complexity index is 1310. The number of amides is 1. The minimum Gasteiger partial charge on any atom is -0.494 e. The molecule has 2 saturated heterocycles. The van der Waals surface area contributed by atoms with E-state index >= 15 is 0 Å². The average molecular weight is 543 g/mol. The lowest BCUT2D eigenvalue weighted by molar-refractivity contribution is 0.0610. The lowest BCUT2D eigenvalue weighted by Gasteiger charge is -2.41. The summed E-state index contributed by atoms with van der Waals surface area (Å²) < 4.78 is 5.65. The van der Waals surface area contributed by atoms with Gasteiger partial charge in [0, 0.05) is 47.9 Å². The van der Waals surface area contributed by atoms with Crippen molar-refractivity contribution in [3.8, 4) is 5.75 Å². The van der Waals surface area contributed by atoms with Gasteiger partial charge >= 0.3 is 0 Å². The van der Waals surface area contributed by atoms with E-state index in [1.54, 1.807) is 5.57 Å². The zero-order valence-electron chi connectivity index (χ0n) is 23.9. The second-order valence-corrected chi connectivity index (χ2v) is 12.8. The number of hydrogen-bond donors (Lipinski definition) is 0. The molecule has 0 unspecified atom stereocenters. The number of fused-ring (bicyclic) bond motifs is 1. The van der Waals surface area contributed by atoms with Gasteiger partial charge < -0.3 is 9.64 Å². The van der Waals surface area contributed by atoms with Gasteiger partial charge in [-0.15, -0.1) is 11.8 Å². The summed E-state index contributed by atoms with van der Waals surface area (Å²) in [6.07, 6.45) is 4.40. The van der Waals surface area contributed by atoms with Crippen LogP contribution >= 0.6 is 11.8 Å². The summed E-state index contributed by atoms with van der Waals surface area (Å²) in [6, 6.07) is 21.7. The molecule has 0 N–H and O–H groups in total. The summed E-state index contributed by atoms with van der Waals surface area (Å²) in [5.74, 6) is 1.00. The van der Waals surface area contributed by atoms with Crippen molar-refractivity contribution in [2.75, 3.05) is 32.8 Å². The lowest BCUT2D eigenvalue weighted by Crippen LogP contribution is -2.48. The van der Waals surface area contributed by atoms with Crippen molar-refractivity contribution >= 4 is 34.0 Å². The average Bonchev–Trinajstić information content (AvgIpc) is 2.96. The van der Waals surface area contributed by atoms with Crippen LogP contribution in [0.1, 0.15) is 69.3 Å². The number of carbonyl (C=O) groups excluding carboxylic acids is 1. The first-order chi connectivity index (χ1) is 18.9. The van der Waals surface area contributed by atoms with Crippen LogP contribution in [0.3, 0.4) is 0 Å². The zero-order chi connectivity index (χ0) is 27.4. The SMILES string of the molecule is CCOc1ccc2c(C(=O)N3CCC(N4CCC(=C(C)c5ccc(SC(C)C)cc5)CC4)CC3)cccc2c1. The van der Waals surface area contributed by atoms with Gasteiger partial charge in [-0.3, -0.25) is 9.69 Å². The Balaban J connectivity index is 1.16. The number of likely N-dealkylation sites (tertiary alicyclic amines) is 2. The van der Waals surface area contributed by atoms with Crippen LogP contribution < -0.4 is 4.74 Å². The highest BCUT2D eigenvalue weighted by atomic mass is 32.2. The van der Waals surface area contributed by atoms with E-state index in [0.29, 0.717) is 17.9 Å². The van der Waals surface area contributed by atoms with Crippen LogP contribution in [0.25, 0.3) is 16.3 Å². The van der Waals surface area contributed by atoms with E-state index in [-0.39, 0.29) is 5.91 Å². The number of benzene rings is 3. The molecule has 5 heteroatoms. The van der Waals surface area contributed by atoms with Crippen LogP contribution in [0.4, 0.5) is 0 Å². The summed E-state index contributed by atoms with van der Waals surface area (Å²) in [6.45, 7) is 13.3. The molecule has 1 amide bonds. The molecule has 0 saturated carbocycles. The molecule has 0 aliphatic carbocycles. The monoisotopic (exact) mass is 542 g/mol. The normalized spacial score (nSPS) is 17.2. The lowest BCUT2D eigenvalue weighted by atomic mass is 9.92. The highest BCUT2D eigenvalue weighted by molar-refractivity contribution is 7.99. The van der Waals surface area contributed by atoms with Gasteiger partial charge in [-0.05, 0) is 97.8 Å². The Morgan fingerprint density at radius 3 is 2.36 bits per heavy atom. The van der Waals surface area contributed by atoms with Crippen LogP contribution in [-0.4, -0.2) is 59.8 Å². The topological polar surface area (TPSA) is 32.8 Å². The number of thioether (sulfide) groups is 1. The van der Waals surface area contributed by atoms with E-state index in [4.69, 9.17) is 4.74 Å². The molecular formula is C34H42N2O2S. The molecule has 0 bridgehead atoms. The Kier molecular flexibility index (Phi) is 8.99. The molecular weight excluding hydrogens is 500 g/mol. The van der Waals surface area contributed by atoms with Crippen molar-refractivity contribution in [2.45, 2.75) is 69.6 Å². The second kappa shape index (κ2) is 12.6. The fourth-order valence-electron chi connectivity index (χ4n) is 6.10. The first-order valence-electron chi connectivity index (χ1n) is 14.6. The predicted molar refractivity (Wildman–Crippen MR) is 165 cm³/mol. The number of rotatable bonds is 7. The molecule has 5 rings (SSSR count). The first kappa shape index (κ1) is 27.8. The Morgan fingerprint density at radius 2 is 1.69 bits per heavy atom. The molecule has 39 heavy (non-hydrogen) atoms. The van der Waals surface area contributed by atoms with Crippen molar-refractivity contribution in [3.63, 3.8) is 0 Å². The third-order valence-electron chi connectivity index (χ3n) is 8.25. The molecule has 2 heterocycles. The summed E-state index contributed by atoms with van der Waals surface area (Å²) in [5, 5.41) is 2.67. The molecule has 0 aromatic heterocycles. The van der Waals surface area contributed by atoms with Crippen molar-refractivity contribution in [3.05, 3.63) is 77.4 Å². The number of carbonyl (C=O) groups is 1. The largest absolute Gasteiger partial charge is 0.494 e. The second-order valence-electron chi connectivity index (χ2n) is 11.1. The molecule has 206 valence electrons. The third-order valence-corrected chi connectivity index (χ3v) is 9.27. The summed E-state index contributed by atoms with van der Waals surface area (Å²) in [4.78, 5) is 19.6. The molecule has 2 aliphatic rings. The van der Waals surface area contributed by atoms with Crippen molar-refractivity contribution in [1.29, 1.82) is 0 Å². The highest BCUT2D eigenvalue weighted by Crippen LogP contribution is 2.32. The first-order valence-corrected chi connectivity index (χ1v) is 15.5. The zero-order valence-corrected chi connectivity index (χ0v) is 24.7. The van der Waals surface area contributed by atoms with E-state index in [1.165, 1.54) is 16.0 Å².